The van der Waals surface area contributed by atoms with E-state index in [9.17, 15) is 9.59 Å². The van der Waals surface area contributed by atoms with Crippen LogP contribution in [-0.4, -0.2) is 18.4 Å². The minimum Gasteiger partial charge on any atom is -0.492 e. The first-order chi connectivity index (χ1) is 13.9. The van der Waals surface area contributed by atoms with Crippen molar-refractivity contribution in [3.63, 3.8) is 0 Å². The summed E-state index contributed by atoms with van der Waals surface area (Å²) >= 11 is 4.73. The van der Waals surface area contributed by atoms with Gasteiger partial charge in [-0.05, 0) is 43.2 Å². The van der Waals surface area contributed by atoms with E-state index in [4.69, 9.17) is 10.5 Å². The number of ether oxygens (including phenoxy) is 1. The van der Waals surface area contributed by atoms with Crippen LogP contribution in [0.15, 0.2) is 53.0 Å². The number of thiophene rings is 1. The Balaban J connectivity index is 1.79. The number of nitrogens with one attached hydrogen (secondary N) is 1. The van der Waals surface area contributed by atoms with Crippen molar-refractivity contribution in [1.82, 2.24) is 0 Å². The molecule has 0 saturated carbocycles. The number of rotatable bonds is 7. The molecule has 1 aromatic heterocycles. The first kappa shape index (κ1) is 21.1. The molecule has 0 aliphatic heterocycles. The summed E-state index contributed by atoms with van der Waals surface area (Å²) in [6.45, 7) is 4.15. The van der Waals surface area contributed by atoms with Crippen LogP contribution in [0, 0.1) is 13.8 Å². The number of anilines is 1. The van der Waals surface area contributed by atoms with Crippen molar-refractivity contribution in [2.45, 2.75) is 20.3 Å². The summed E-state index contributed by atoms with van der Waals surface area (Å²) in [5.74, 6) is -0.437. The Labute approximate surface area is 182 Å². The Morgan fingerprint density at radius 1 is 1.14 bits per heavy atom. The highest BCUT2D eigenvalue weighted by Crippen LogP contribution is 2.33. The third-order valence-electron chi connectivity index (χ3n) is 4.54. The van der Waals surface area contributed by atoms with Gasteiger partial charge in [-0.15, -0.1) is 11.3 Å². The monoisotopic (exact) mass is 472 g/mol. The maximum Gasteiger partial charge on any atom is 0.260 e. The topological polar surface area (TPSA) is 81.4 Å². The number of benzene rings is 2. The van der Waals surface area contributed by atoms with E-state index in [0.717, 1.165) is 26.9 Å². The standard InChI is InChI=1S/C22H21BrN2O3S/c1-13-14(2)29-22(19(13)20(24)26)25-21(27)17-12-16(23)8-9-18(17)28-11-10-15-6-4-3-5-7-15/h3-9,12H,10-11H2,1-2H3,(H2,24,26)(H,25,27). The highest BCUT2D eigenvalue weighted by molar-refractivity contribution is 9.10. The second-order valence-electron chi connectivity index (χ2n) is 6.53. The molecule has 2 aromatic carbocycles. The van der Waals surface area contributed by atoms with E-state index in [-0.39, 0.29) is 5.91 Å². The molecule has 1 heterocycles. The molecule has 150 valence electrons. The fraction of sp³-hybridized carbons (Fsp3) is 0.182. The summed E-state index contributed by atoms with van der Waals surface area (Å²) in [4.78, 5) is 25.7. The lowest BCUT2D eigenvalue weighted by Crippen LogP contribution is -2.18. The third kappa shape index (κ3) is 5.05. The number of primary amides is 1. The second kappa shape index (κ2) is 9.24. The number of nitrogens with two attached hydrogens (primary N) is 1. The molecule has 0 fully saturated rings. The zero-order valence-corrected chi connectivity index (χ0v) is 18.5. The van der Waals surface area contributed by atoms with Crippen molar-refractivity contribution in [2.75, 3.05) is 11.9 Å². The number of aryl methyl sites for hydroxylation is 1. The van der Waals surface area contributed by atoms with Gasteiger partial charge in [0.1, 0.15) is 10.8 Å². The number of amides is 2. The van der Waals surface area contributed by atoms with Crippen LogP contribution in [0.3, 0.4) is 0 Å². The first-order valence-corrected chi connectivity index (χ1v) is 10.6. The third-order valence-corrected chi connectivity index (χ3v) is 6.15. The fourth-order valence-electron chi connectivity index (χ4n) is 2.91. The van der Waals surface area contributed by atoms with E-state index in [1.807, 2.05) is 50.2 Å². The predicted molar refractivity (Wildman–Crippen MR) is 120 cm³/mol. The highest BCUT2D eigenvalue weighted by atomic mass is 79.9. The van der Waals surface area contributed by atoms with Crippen LogP contribution in [0.25, 0.3) is 0 Å². The van der Waals surface area contributed by atoms with Crippen LogP contribution >= 0.6 is 27.3 Å². The van der Waals surface area contributed by atoms with Gasteiger partial charge in [0.25, 0.3) is 11.8 Å². The SMILES string of the molecule is Cc1sc(NC(=O)c2cc(Br)ccc2OCCc2ccccc2)c(C(N)=O)c1C. The van der Waals surface area contributed by atoms with Gasteiger partial charge in [-0.3, -0.25) is 9.59 Å². The zero-order valence-electron chi connectivity index (χ0n) is 16.1. The van der Waals surface area contributed by atoms with Gasteiger partial charge in [0, 0.05) is 15.8 Å². The van der Waals surface area contributed by atoms with Crippen molar-refractivity contribution in [3.8, 4) is 5.75 Å². The van der Waals surface area contributed by atoms with Gasteiger partial charge in [0.05, 0.1) is 17.7 Å². The molecule has 2 amide bonds. The minimum absolute atomic E-state index is 0.349. The van der Waals surface area contributed by atoms with Crippen molar-refractivity contribution < 1.29 is 14.3 Å². The van der Waals surface area contributed by atoms with Gasteiger partial charge in [0.2, 0.25) is 0 Å². The highest BCUT2D eigenvalue weighted by Gasteiger charge is 2.21. The van der Waals surface area contributed by atoms with Crippen LogP contribution in [0.2, 0.25) is 0 Å². The molecule has 0 aliphatic rings. The molecular formula is C22H21BrN2O3S. The summed E-state index contributed by atoms with van der Waals surface area (Å²) in [5, 5.41) is 3.28. The van der Waals surface area contributed by atoms with Gasteiger partial charge in [0.15, 0.2) is 0 Å². The Morgan fingerprint density at radius 3 is 2.55 bits per heavy atom. The normalized spacial score (nSPS) is 10.6. The molecule has 0 unspecified atom stereocenters. The molecule has 0 aliphatic carbocycles. The molecule has 3 rings (SSSR count). The summed E-state index contributed by atoms with van der Waals surface area (Å²) in [7, 11) is 0. The summed E-state index contributed by atoms with van der Waals surface area (Å²) in [5.41, 5.74) is 8.18. The van der Waals surface area contributed by atoms with E-state index < -0.39 is 5.91 Å². The lowest BCUT2D eigenvalue weighted by Gasteiger charge is -2.12. The maximum absolute atomic E-state index is 13.0. The molecule has 0 bridgehead atoms. The number of carbonyl (C=O) groups excluding carboxylic acids is 2. The Kier molecular flexibility index (Phi) is 6.71. The lowest BCUT2D eigenvalue weighted by atomic mass is 10.1. The van der Waals surface area contributed by atoms with E-state index in [2.05, 4.69) is 21.2 Å². The minimum atomic E-state index is -0.560. The first-order valence-electron chi connectivity index (χ1n) is 9.04. The quantitative estimate of drug-likeness (QED) is 0.501. The van der Waals surface area contributed by atoms with Gasteiger partial charge in [-0.2, -0.15) is 0 Å². The number of carbonyl (C=O) groups is 2. The molecule has 3 aromatic rings. The van der Waals surface area contributed by atoms with Crippen LogP contribution in [0.5, 0.6) is 5.75 Å². The molecule has 0 saturated heterocycles. The van der Waals surface area contributed by atoms with Crippen molar-refractivity contribution in [2.24, 2.45) is 5.73 Å². The molecular weight excluding hydrogens is 452 g/mol. The predicted octanol–water partition coefficient (Wildman–Crippen LogP) is 5.10. The average molecular weight is 473 g/mol. The molecule has 0 radical (unpaired) electrons. The van der Waals surface area contributed by atoms with Crippen LogP contribution in [-0.2, 0) is 6.42 Å². The Bertz CT molecular complexity index is 1050. The second-order valence-corrected chi connectivity index (χ2v) is 8.67. The summed E-state index contributed by atoms with van der Waals surface area (Å²) in [6.07, 6.45) is 0.729. The van der Waals surface area contributed by atoms with E-state index >= 15 is 0 Å². The Morgan fingerprint density at radius 2 is 1.86 bits per heavy atom. The molecule has 0 atom stereocenters. The number of hydrogen-bond acceptors (Lipinski definition) is 4. The fourth-order valence-corrected chi connectivity index (χ4v) is 4.33. The smallest absolute Gasteiger partial charge is 0.260 e. The average Bonchev–Trinajstić information content (AvgIpc) is 2.97. The van der Waals surface area contributed by atoms with E-state index in [1.54, 1.807) is 12.1 Å². The zero-order chi connectivity index (χ0) is 21.0. The van der Waals surface area contributed by atoms with E-state index in [1.165, 1.54) is 11.3 Å². The number of hydrogen-bond donors (Lipinski definition) is 2. The van der Waals surface area contributed by atoms with Gasteiger partial charge in [-0.1, -0.05) is 46.3 Å². The van der Waals surface area contributed by atoms with Crippen LogP contribution < -0.4 is 15.8 Å². The van der Waals surface area contributed by atoms with Gasteiger partial charge >= 0.3 is 0 Å². The van der Waals surface area contributed by atoms with Crippen molar-refractivity contribution in [1.29, 1.82) is 0 Å². The molecule has 29 heavy (non-hydrogen) atoms. The van der Waals surface area contributed by atoms with Crippen LogP contribution in [0.4, 0.5) is 5.00 Å². The lowest BCUT2D eigenvalue weighted by molar-refractivity contribution is 0.100. The summed E-state index contributed by atoms with van der Waals surface area (Å²) in [6, 6.07) is 15.3. The van der Waals surface area contributed by atoms with Crippen LogP contribution in [0.1, 0.15) is 36.7 Å². The molecule has 0 spiro atoms. The van der Waals surface area contributed by atoms with Gasteiger partial charge in [-0.25, -0.2) is 0 Å². The maximum atomic E-state index is 13.0. The molecule has 5 nitrogen and oxygen atoms in total. The molecule has 3 N–H and O–H groups in total. The molecule has 7 heteroatoms. The van der Waals surface area contributed by atoms with Gasteiger partial charge < -0.3 is 15.8 Å². The largest absolute Gasteiger partial charge is 0.492 e. The Hall–Kier alpha value is -2.64. The van der Waals surface area contributed by atoms with Crippen molar-refractivity contribution in [3.05, 3.63) is 80.1 Å². The van der Waals surface area contributed by atoms with E-state index in [0.29, 0.717) is 28.5 Å². The van der Waals surface area contributed by atoms with Crippen molar-refractivity contribution >= 4 is 44.1 Å². The summed E-state index contributed by atoms with van der Waals surface area (Å²) < 4.78 is 6.65. The number of halogens is 1.